The van der Waals surface area contributed by atoms with Gasteiger partial charge in [-0.15, -0.1) is 0 Å². The molecule has 3 N–H and O–H groups in total. The SMILES string of the molecule is CCOc1ccc(Nc2ccc(Cl)cc2C(=O)NC(CC(=O)O)c2ccc(-c3ccccc3Oc3ccccc3)cc2)cc1. The maximum Gasteiger partial charge on any atom is 0.305 e. The number of carbonyl (C=O) groups is 2. The summed E-state index contributed by atoms with van der Waals surface area (Å²) in [6.45, 7) is 2.47. The summed E-state index contributed by atoms with van der Waals surface area (Å²) in [4.78, 5) is 25.4. The van der Waals surface area contributed by atoms with E-state index in [0.29, 0.717) is 28.6 Å². The van der Waals surface area contributed by atoms with Crippen molar-refractivity contribution < 1.29 is 24.2 Å². The second kappa shape index (κ2) is 14.3. The van der Waals surface area contributed by atoms with Crippen LogP contribution in [0.3, 0.4) is 0 Å². The van der Waals surface area contributed by atoms with E-state index in [4.69, 9.17) is 21.1 Å². The highest BCUT2D eigenvalue weighted by Gasteiger charge is 2.22. The second-order valence-corrected chi connectivity index (χ2v) is 10.4. The Kier molecular flexibility index (Phi) is 9.79. The van der Waals surface area contributed by atoms with Crippen molar-refractivity contribution in [1.29, 1.82) is 0 Å². The van der Waals surface area contributed by atoms with E-state index in [0.717, 1.165) is 28.3 Å². The molecule has 5 rings (SSSR count). The van der Waals surface area contributed by atoms with Crippen LogP contribution in [0.4, 0.5) is 11.4 Å². The van der Waals surface area contributed by atoms with Gasteiger partial charge in [-0.1, -0.05) is 72.3 Å². The van der Waals surface area contributed by atoms with Crippen molar-refractivity contribution in [2.75, 3.05) is 11.9 Å². The van der Waals surface area contributed by atoms with Crippen molar-refractivity contribution in [1.82, 2.24) is 5.32 Å². The van der Waals surface area contributed by atoms with Crippen LogP contribution < -0.4 is 20.1 Å². The van der Waals surface area contributed by atoms with Crippen molar-refractivity contribution in [2.45, 2.75) is 19.4 Å². The molecule has 0 aliphatic carbocycles. The Labute approximate surface area is 261 Å². The number of carbonyl (C=O) groups excluding carboxylic acids is 1. The Hall–Kier alpha value is -5.27. The third kappa shape index (κ3) is 7.76. The molecule has 0 saturated carbocycles. The Balaban J connectivity index is 1.37. The average molecular weight is 607 g/mol. The molecule has 0 aliphatic rings. The summed E-state index contributed by atoms with van der Waals surface area (Å²) in [6, 6.07) is 36.1. The number of benzene rings is 5. The summed E-state index contributed by atoms with van der Waals surface area (Å²) in [5.41, 5.74) is 3.97. The number of carboxylic acid groups (broad SMARTS) is 1. The standard InChI is InChI=1S/C36H31ClN2O5/c1-2-43-28-19-17-27(18-20-28)38-32-21-16-26(37)22-31(32)36(42)39-33(23-35(40)41)25-14-12-24(13-15-25)30-10-6-7-11-34(30)44-29-8-4-3-5-9-29/h3-22,33,38H,2,23H2,1H3,(H,39,42)(H,40,41). The minimum absolute atomic E-state index is 0.283. The first-order valence-electron chi connectivity index (χ1n) is 14.1. The minimum Gasteiger partial charge on any atom is -0.494 e. The molecule has 44 heavy (non-hydrogen) atoms. The van der Waals surface area contributed by atoms with E-state index in [1.54, 1.807) is 18.2 Å². The number of amides is 1. The number of hydrogen-bond acceptors (Lipinski definition) is 5. The van der Waals surface area contributed by atoms with Crippen LogP contribution in [0.2, 0.25) is 5.02 Å². The highest BCUT2D eigenvalue weighted by atomic mass is 35.5. The highest BCUT2D eigenvalue weighted by Crippen LogP contribution is 2.34. The number of anilines is 2. The van der Waals surface area contributed by atoms with Crippen molar-refractivity contribution >= 4 is 34.9 Å². The Morgan fingerprint density at radius 1 is 0.818 bits per heavy atom. The fourth-order valence-electron chi connectivity index (χ4n) is 4.74. The van der Waals surface area contributed by atoms with Gasteiger partial charge in [-0.25, -0.2) is 0 Å². The summed E-state index contributed by atoms with van der Waals surface area (Å²) in [7, 11) is 0. The number of rotatable bonds is 12. The molecule has 0 bridgehead atoms. The lowest BCUT2D eigenvalue weighted by Gasteiger charge is -2.20. The van der Waals surface area contributed by atoms with Gasteiger partial charge in [-0.2, -0.15) is 0 Å². The zero-order valence-electron chi connectivity index (χ0n) is 24.0. The molecule has 0 fully saturated rings. The molecule has 0 saturated heterocycles. The normalized spacial score (nSPS) is 11.3. The Bertz CT molecular complexity index is 1720. The third-order valence-corrected chi connectivity index (χ3v) is 7.07. The molecule has 1 amide bonds. The average Bonchev–Trinajstić information content (AvgIpc) is 3.03. The molecule has 8 heteroatoms. The van der Waals surface area contributed by atoms with Crippen molar-refractivity contribution in [3.8, 4) is 28.4 Å². The molecule has 0 spiro atoms. The van der Waals surface area contributed by atoms with Gasteiger partial charge in [0.1, 0.15) is 17.2 Å². The maximum atomic E-state index is 13.6. The predicted molar refractivity (Wildman–Crippen MR) is 173 cm³/mol. The highest BCUT2D eigenvalue weighted by molar-refractivity contribution is 6.31. The van der Waals surface area contributed by atoms with Crippen LogP contribution in [0, 0.1) is 0 Å². The molecule has 1 unspecified atom stereocenters. The summed E-state index contributed by atoms with van der Waals surface area (Å²) in [6.07, 6.45) is -0.305. The number of carboxylic acids is 1. The quantitative estimate of drug-likeness (QED) is 0.131. The van der Waals surface area contributed by atoms with E-state index >= 15 is 0 Å². The predicted octanol–water partition coefficient (Wildman–Crippen LogP) is 8.89. The van der Waals surface area contributed by atoms with E-state index in [1.165, 1.54) is 0 Å². The van der Waals surface area contributed by atoms with Crippen LogP contribution in [0.5, 0.6) is 17.2 Å². The number of aliphatic carboxylic acids is 1. The summed E-state index contributed by atoms with van der Waals surface area (Å²) >= 11 is 6.27. The van der Waals surface area contributed by atoms with Crippen molar-refractivity contribution in [2.24, 2.45) is 0 Å². The smallest absolute Gasteiger partial charge is 0.305 e. The first-order chi connectivity index (χ1) is 21.4. The van der Waals surface area contributed by atoms with Gasteiger partial charge in [0.2, 0.25) is 0 Å². The van der Waals surface area contributed by atoms with Crippen LogP contribution in [-0.4, -0.2) is 23.6 Å². The lowest BCUT2D eigenvalue weighted by molar-refractivity contribution is -0.137. The third-order valence-electron chi connectivity index (χ3n) is 6.84. The van der Waals surface area contributed by atoms with Crippen molar-refractivity contribution in [3.05, 3.63) is 137 Å². The van der Waals surface area contributed by atoms with E-state index in [1.807, 2.05) is 110 Å². The van der Waals surface area contributed by atoms with Crippen molar-refractivity contribution in [3.63, 3.8) is 0 Å². The van der Waals surface area contributed by atoms with Gasteiger partial charge < -0.3 is 25.2 Å². The van der Waals surface area contributed by atoms with Crippen LogP contribution in [-0.2, 0) is 4.79 Å². The molecular weight excluding hydrogens is 576 g/mol. The Morgan fingerprint density at radius 2 is 1.52 bits per heavy atom. The van der Waals surface area contributed by atoms with Gasteiger partial charge in [0.05, 0.1) is 30.3 Å². The fraction of sp³-hybridized carbons (Fsp3) is 0.111. The lowest BCUT2D eigenvalue weighted by atomic mass is 9.98. The maximum absolute atomic E-state index is 13.6. The summed E-state index contributed by atoms with van der Waals surface area (Å²) < 4.78 is 11.6. The molecule has 1 atom stereocenters. The molecule has 0 aromatic heterocycles. The van der Waals surface area contributed by atoms with Crippen LogP contribution in [0.15, 0.2) is 121 Å². The fourth-order valence-corrected chi connectivity index (χ4v) is 4.91. The van der Waals surface area contributed by atoms with Gasteiger partial charge >= 0.3 is 5.97 Å². The first kappa shape index (κ1) is 30.2. The van der Waals surface area contributed by atoms with Crippen LogP contribution in [0.1, 0.15) is 35.3 Å². The van der Waals surface area contributed by atoms with Crippen LogP contribution >= 0.6 is 11.6 Å². The zero-order valence-corrected chi connectivity index (χ0v) is 24.8. The van der Waals surface area contributed by atoms with Gasteiger partial charge in [0.15, 0.2) is 0 Å². The lowest BCUT2D eigenvalue weighted by Crippen LogP contribution is -2.30. The Morgan fingerprint density at radius 3 is 2.23 bits per heavy atom. The molecule has 222 valence electrons. The van der Waals surface area contributed by atoms with Crippen LogP contribution in [0.25, 0.3) is 11.1 Å². The van der Waals surface area contributed by atoms with E-state index in [2.05, 4.69) is 10.6 Å². The van der Waals surface area contributed by atoms with E-state index < -0.39 is 17.9 Å². The monoisotopic (exact) mass is 606 g/mol. The number of halogens is 1. The number of para-hydroxylation sites is 2. The largest absolute Gasteiger partial charge is 0.494 e. The molecule has 0 heterocycles. The second-order valence-electron chi connectivity index (χ2n) is 9.93. The molecular formula is C36H31ClN2O5. The summed E-state index contributed by atoms with van der Waals surface area (Å²) in [5, 5.41) is 16.2. The van der Waals surface area contributed by atoms with Gasteiger partial charge in [-0.05, 0) is 78.7 Å². The minimum atomic E-state index is -1.04. The van der Waals surface area contributed by atoms with Gasteiger partial charge in [0.25, 0.3) is 5.91 Å². The molecule has 7 nitrogen and oxygen atoms in total. The van der Waals surface area contributed by atoms with E-state index in [-0.39, 0.29) is 12.0 Å². The molecule has 0 radical (unpaired) electrons. The number of nitrogens with one attached hydrogen (secondary N) is 2. The number of hydrogen-bond donors (Lipinski definition) is 3. The zero-order chi connectivity index (χ0) is 30.9. The topological polar surface area (TPSA) is 96.9 Å². The number of ether oxygens (including phenoxy) is 2. The molecule has 5 aromatic rings. The molecule has 0 aliphatic heterocycles. The summed E-state index contributed by atoms with van der Waals surface area (Å²) in [5.74, 6) is 0.646. The first-order valence-corrected chi connectivity index (χ1v) is 14.5. The van der Waals surface area contributed by atoms with Gasteiger partial charge in [0, 0.05) is 16.3 Å². The van der Waals surface area contributed by atoms with E-state index in [9.17, 15) is 14.7 Å². The molecule has 5 aromatic carbocycles. The van der Waals surface area contributed by atoms with Gasteiger partial charge in [-0.3, -0.25) is 9.59 Å².